The zero-order chi connectivity index (χ0) is 22.6. The summed E-state index contributed by atoms with van der Waals surface area (Å²) in [6.07, 6.45) is 7.96. The molecule has 0 saturated heterocycles. The lowest BCUT2D eigenvalue weighted by molar-refractivity contribution is -0.136. The Hall–Kier alpha value is -3.09. The van der Waals surface area contributed by atoms with Gasteiger partial charge in [-0.05, 0) is 67.6 Å². The molecule has 3 saturated carbocycles. The second-order valence-electron chi connectivity index (χ2n) is 9.42. The molecule has 0 aromatic heterocycles. The molecule has 164 valence electrons. The van der Waals surface area contributed by atoms with E-state index in [2.05, 4.69) is 18.0 Å². The number of rotatable bonds is 5. The summed E-state index contributed by atoms with van der Waals surface area (Å²) in [6, 6.07) is 2.16. The Morgan fingerprint density at radius 2 is 2.03 bits per heavy atom. The Balaban J connectivity index is 1.52. The van der Waals surface area contributed by atoms with Crippen molar-refractivity contribution in [2.75, 3.05) is 5.32 Å². The van der Waals surface area contributed by atoms with E-state index >= 15 is 0 Å². The van der Waals surface area contributed by atoms with Crippen LogP contribution in [-0.4, -0.2) is 33.0 Å². The minimum atomic E-state index is -1.38. The van der Waals surface area contributed by atoms with Gasteiger partial charge >= 0.3 is 5.97 Å². The quantitative estimate of drug-likeness (QED) is 0.417. The molecule has 3 fully saturated rings. The molecule has 2 bridgehead atoms. The van der Waals surface area contributed by atoms with Crippen LogP contribution in [0, 0.1) is 22.7 Å². The Morgan fingerprint density at radius 3 is 2.71 bits per heavy atom. The number of carboxylic acids is 1. The highest BCUT2D eigenvalue weighted by Crippen LogP contribution is 2.64. The normalized spacial score (nSPS) is 31.4. The SMILES string of the molecule is C=C1C[C@@]23C=CC(=O)[C@](C)(CCC(=O)Nc4c(O)ccc(C(=O)O)c4O)[C@@H]2C[C@@H]1CC3. The number of ketones is 1. The van der Waals surface area contributed by atoms with E-state index in [1.165, 1.54) is 5.57 Å². The van der Waals surface area contributed by atoms with Crippen molar-refractivity contribution >= 4 is 23.3 Å². The van der Waals surface area contributed by atoms with Crippen LogP contribution in [0.2, 0.25) is 0 Å². The smallest absolute Gasteiger partial charge is 0.339 e. The molecule has 0 unspecified atom stereocenters. The number of allylic oxidation sites excluding steroid dienone is 3. The van der Waals surface area contributed by atoms with Crippen molar-refractivity contribution in [1.29, 1.82) is 0 Å². The van der Waals surface area contributed by atoms with Gasteiger partial charge in [-0.3, -0.25) is 9.59 Å². The number of hydrogen-bond acceptors (Lipinski definition) is 5. The van der Waals surface area contributed by atoms with Crippen molar-refractivity contribution in [1.82, 2.24) is 0 Å². The van der Waals surface area contributed by atoms with E-state index in [9.17, 15) is 24.6 Å². The maximum atomic E-state index is 12.9. The van der Waals surface area contributed by atoms with Crippen LogP contribution in [0.1, 0.15) is 55.8 Å². The Kier molecular flexibility index (Phi) is 4.95. The van der Waals surface area contributed by atoms with Gasteiger partial charge < -0.3 is 20.6 Å². The molecule has 0 heterocycles. The molecule has 4 N–H and O–H groups in total. The van der Waals surface area contributed by atoms with Crippen LogP contribution < -0.4 is 5.32 Å². The van der Waals surface area contributed by atoms with Gasteiger partial charge in [-0.1, -0.05) is 25.2 Å². The minimum Gasteiger partial charge on any atom is -0.506 e. The van der Waals surface area contributed by atoms with Gasteiger partial charge in [-0.25, -0.2) is 4.79 Å². The molecule has 1 aromatic carbocycles. The first-order valence-electron chi connectivity index (χ1n) is 10.6. The standard InChI is InChI=1S/C24H27NO6/c1-13-12-24-9-5-14(13)11-17(24)23(2,18(27)6-10-24)8-7-19(28)25-20-16(26)4-3-15(21(20)29)22(30)31/h3-4,6,10,14,17,26,29H,1,5,7-9,11-12H2,2H3,(H,25,28)(H,30,31)/t14-,17-,23+,24+/m0/s1. The first-order chi connectivity index (χ1) is 14.6. The number of amides is 1. The number of carbonyl (C=O) groups is 3. The molecule has 1 spiro atoms. The lowest BCUT2D eigenvalue weighted by Crippen LogP contribution is -2.54. The van der Waals surface area contributed by atoms with Gasteiger partial charge in [-0.15, -0.1) is 0 Å². The number of benzene rings is 1. The molecule has 0 aliphatic heterocycles. The molecule has 0 radical (unpaired) electrons. The number of carbonyl (C=O) groups excluding carboxylic acids is 2. The first kappa shape index (κ1) is 21.2. The lowest BCUT2D eigenvalue weighted by Gasteiger charge is -2.59. The van der Waals surface area contributed by atoms with Gasteiger partial charge in [0.05, 0.1) is 0 Å². The average Bonchev–Trinajstić information content (AvgIpc) is 2.72. The molecule has 4 aliphatic rings. The largest absolute Gasteiger partial charge is 0.506 e. The minimum absolute atomic E-state index is 0.00442. The van der Waals surface area contributed by atoms with E-state index in [0.29, 0.717) is 12.3 Å². The van der Waals surface area contributed by atoms with Crippen LogP contribution in [0.3, 0.4) is 0 Å². The summed E-state index contributed by atoms with van der Waals surface area (Å²) in [5.41, 5.74) is -0.260. The first-order valence-corrected chi connectivity index (χ1v) is 10.6. The third-order valence-corrected chi connectivity index (χ3v) is 7.73. The summed E-state index contributed by atoms with van der Waals surface area (Å²) in [5, 5.41) is 31.6. The predicted molar refractivity (Wildman–Crippen MR) is 114 cm³/mol. The molecular formula is C24H27NO6. The second-order valence-corrected chi connectivity index (χ2v) is 9.42. The Morgan fingerprint density at radius 1 is 1.29 bits per heavy atom. The third kappa shape index (κ3) is 3.32. The fraction of sp³-hybridized carbons (Fsp3) is 0.458. The summed E-state index contributed by atoms with van der Waals surface area (Å²) in [7, 11) is 0. The van der Waals surface area contributed by atoms with Crippen molar-refractivity contribution in [3.8, 4) is 11.5 Å². The van der Waals surface area contributed by atoms with Crippen molar-refractivity contribution < 1.29 is 29.7 Å². The summed E-state index contributed by atoms with van der Waals surface area (Å²) < 4.78 is 0. The Labute approximate surface area is 180 Å². The molecule has 1 aromatic rings. The number of phenols is 2. The van der Waals surface area contributed by atoms with Gasteiger partial charge in [0.2, 0.25) is 5.91 Å². The highest BCUT2D eigenvalue weighted by Gasteiger charge is 2.58. The fourth-order valence-electron chi connectivity index (χ4n) is 5.91. The number of phenolic OH excluding ortho intramolecular Hbond substituents is 1. The topological polar surface area (TPSA) is 124 Å². The summed E-state index contributed by atoms with van der Waals surface area (Å²) >= 11 is 0. The van der Waals surface area contributed by atoms with Crippen LogP contribution >= 0.6 is 0 Å². The molecule has 7 heteroatoms. The third-order valence-electron chi connectivity index (χ3n) is 7.73. The van der Waals surface area contributed by atoms with E-state index in [0.717, 1.165) is 37.8 Å². The monoisotopic (exact) mass is 425 g/mol. The summed E-state index contributed by atoms with van der Waals surface area (Å²) in [6.45, 7) is 6.17. The zero-order valence-corrected chi connectivity index (χ0v) is 17.5. The highest BCUT2D eigenvalue weighted by molar-refractivity contribution is 6.00. The van der Waals surface area contributed by atoms with Crippen molar-refractivity contribution in [2.45, 2.75) is 45.4 Å². The van der Waals surface area contributed by atoms with Crippen LogP contribution in [0.15, 0.2) is 36.4 Å². The molecule has 4 aliphatic carbocycles. The van der Waals surface area contributed by atoms with E-state index < -0.39 is 34.4 Å². The summed E-state index contributed by atoms with van der Waals surface area (Å²) in [4.78, 5) is 36.8. The molecule has 4 atom stereocenters. The van der Waals surface area contributed by atoms with Gasteiger partial charge in [-0.2, -0.15) is 0 Å². The van der Waals surface area contributed by atoms with E-state index in [-0.39, 0.29) is 29.2 Å². The fourth-order valence-corrected chi connectivity index (χ4v) is 5.91. The molecule has 1 amide bonds. The maximum absolute atomic E-state index is 12.9. The maximum Gasteiger partial charge on any atom is 0.339 e. The number of aromatic hydroxyl groups is 2. The second kappa shape index (κ2) is 7.25. The van der Waals surface area contributed by atoms with Crippen molar-refractivity contribution in [2.24, 2.45) is 22.7 Å². The van der Waals surface area contributed by atoms with Crippen molar-refractivity contribution in [3.05, 3.63) is 42.0 Å². The molecule has 7 nitrogen and oxygen atoms in total. The van der Waals surface area contributed by atoms with E-state index in [1.807, 2.05) is 6.92 Å². The number of carboxylic acid groups (broad SMARTS) is 1. The van der Waals surface area contributed by atoms with Crippen LogP contribution in [0.5, 0.6) is 11.5 Å². The Bertz CT molecular complexity index is 1030. The lowest BCUT2D eigenvalue weighted by atomic mass is 9.44. The highest BCUT2D eigenvalue weighted by atomic mass is 16.4. The zero-order valence-electron chi connectivity index (χ0n) is 17.5. The number of aromatic carboxylic acids is 1. The van der Waals surface area contributed by atoms with E-state index in [4.69, 9.17) is 5.11 Å². The van der Waals surface area contributed by atoms with Crippen LogP contribution in [0.25, 0.3) is 0 Å². The average molecular weight is 425 g/mol. The number of anilines is 1. The molecular weight excluding hydrogens is 398 g/mol. The number of fused-ring (bicyclic) bond motifs is 2. The van der Waals surface area contributed by atoms with Crippen molar-refractivity contribution in [3.63, 3.8) is 0 Å². The van der Waals surface area contributed by atoms with Crippen LogP contribution in [-0.2, 0) is 9.59 Å². The predicted octanol–water partition coefficient (Wildman–Crippen LogP) is 4.02. The van der Waals surface area contributed by atoms with Gasteiger partial charge in [0.1, 0.15) is 17.0 Å². The van der Waals surface area contributed by atoms with Gasteiger partial charge in [0, 0.05) is 11.8 Å². The number of nitrogens with one attached hydrogen (secondary N) is 1. The van der Waals surface area contributed by atoms with E-state index in [1.54, 1.807) is 6.08 Å². The van der Waals surface area contributed by atoms with Gasteiger partial charge in [0.15, 0.2) is 11.5 Å². The summed E-state index contributed by atoms with van der Waals surface area (Å²) in [5.74, 6) is -2.42. The molecule has 5 rings (SSSR count). The van der Waals surface area contributed by atoms with Crippen LogP contribution in [0.4, 0.5) is 5.69 Å². The molecule has 31 heavy (non-hydrogen) atoms. The van der Waals surface area contributed by atoms with Gasteiger partial charge in [0.25, 0.3) is 0 Å². The number of hydrogen-bond donors (Lipinski definition) is 4.